The molecule has 0 radical (unpaired) electrons. The number of hydrogen-bond donors (Lipinski definition) is 1. The van der Waals surface area contributed by atoms with Gasteiger partial charge in [0, 0.05) is 25.7 Å². The highest BCUT2D eigenvalue weighted by molar-refractivity contribution is 5.84. The number of nitrogens with zero attached hydrogens (tertiary/aromatic N) is 1. The summed E-state index contributed by atoms with van der Waals surface area (Å²) in [5.74, 6) is 1.10. The summed E-state index contributed by atoms with van der Waals surface area (Å²) in [6.45, 7) is 8.43. The number of rotatable bonds is 7. The Morgan fingerprint density at radius 2 is 1.88 bits per heavy atom. The van der Waals surface area contributed by atoms with Crippen molar-refractivity contribution >= 4 is 16.7 Å². The molecule has 0 unspecified atom stereocenters. The zero-order valence-corrected chi connectivity index (χ0v) is 15.6. The molecule has 140 valence electrons. The Balaban J connectivity index is 1.49. The van der Waals surface area contributed by atoms with Gasteiger partial charge in [0.2, 0.25) is 0 Å². The minimum Gasteiger partial charge on any atom is -0.484 e. The molecule has 2 aromatic carbocycles. The minimum atomic E-state index is -0.0860. The van der Waals surface area contributed by atoms with Gasteiger partial charge in [-0.25, -0.2) is 0 Å². The van der Waals surface area contributed by atoms with Gasteiger partial charge in [0.25, 0.3) is 5.91 Å². The third-order valence-electron chi connectivity index (χ3n) is 4.88. The van der Waals surface area contributed by atoms with Crippen LogP contribution in [-0.4, -0.2) is 56.3 Å². The van der Waals surface area contributed by atoms with E-state index in [4.69, 9.17) is 9.47 Å². The Kier molecular flexibility index (Phi) is 6.47. The average Bonchev–Trinajstić information content (AvgIpc) is 2.67. The van der Waals surface area contributed by atoms with Gasteiger partial charge < -0.3 is 14.8 Å². The number of carbonyl (C=O) groups is 1. The molecule has 5 heteroatoms. The Labute approximate surface area is 155 Å². The molecular formula is C21H28N2O3. The standard InChI is InChI=1S/C21H28N2O3/c1-16(2)20(23-9-11-25-12-10-23)14-22-21(24)15-26-19-8-7-17-5-3-4-6-18(17)13-19/h3-8,13,16,20H,9-12,14-15H2,1-2H3,(H,22,24)/t20-/m0/s1. The van der Waals surface area contributed by atoms with E-state index in [0.717, 1.165) is 37.1 Å². The molecule has 0 aliphatic carbocycles. The predicted octanol–water partition coefficient (Wildman–Crippen LogP) is 2.69. The van der Waals surface area contributed by atoms with E-state index in [9.17, 15) is 4.79 Å². The van der Waals surface area contributed by atoms with Crippen molar-refractivity contribution in [2.75, 3.05) is 39.5 Å². The Morgan fingerprint density at radius 1 is 1.15 bits per heavy atom. The van der Waals surface area contributed by atoms with Gasteiger partial charge in [0.15, 0.2) is 6.61 Å². The summed E-state index contributed by atoms with van der Waals surface area (Å²) < 4.78 is 11.1. The summed E-state index contributed by atoms with van der Waals surface area (Å²) in [5, 5.41) is 5.29. The van der Waals surface area contributed by atoms with Gasteiger partial charge in [-0.3, -0.25) is 9.69 Å². The molecule has 0 bridgehead atoms. The lowest BCUT2D eigenvalue weighted by molar-refractivity contribution is -0.123. The molecule has 1 aliphatic heterocycles. The Hall–Kier alpha value is -2.11. The number of benzene rings is 2. The molecule has 0 aromatic heterocycles. The lowest BCUT2D eigenvalue weighted by atomic mass is 10.0. The van der Waals surface area contributed by atoms with Crippen molar-refractivity contribution in [2.45, 2.75) is 19.9 Å². The maximum atomic E-state index is 12.2. The number of nitrogens with one attached hydrogen (secondary N) is 1. The summed E-state index contributed by atoms with van der Waals surface area (Å²) >= 11 is 0. The molecule has 1 aliphatic rings. The predicted molar refractivity (Wildman–Crippen MR) is 103 cm³/mol. The number of morpholine rings is 1. The van der Waals surface area contributed by atoms with Crippen molar-refractivity contribution < 1.29 is 14.3 Å². The van der Waals surface area contributed by atoms with Crippen LogP contribution in [0.5, 0.6) is 5.75 Å². The van der Waals surface area contributed by atoms with Gasteiger partial charge in [-0.2, -0.15) is 0 Å². The number of ether oxygens (including phenoxy) is 2. The molecule has 1 N–H and O–H groups in total. The fraction of sp³-hybridized carbons (Fsp3) is 0.476. The van der Waals surface area contributed by atoms with E-state index in [1.807, 2.05) is 36.4 Å². The first-order valence-corrected chi connectivity index (χ1v) is 9.33. The maximum Gasteiger partial charge on any atom is 0.257 e. The van der Waals surface area contributed by atoms with E-state index in [2.05, 4.69) is 30.1 Å². The molecule has 0 spiro atoms. The van der Waals surface area contributed by atoms with Crippen molar-refractivity contribution in [1.82, 2.24) is 10.2 Å². The topological polar surface area (TPSA) is 50.8 Å². The lowest BCUT2D eigenvalue weighted by Crippen LogP contribution is -2.51. The van der Waals surface area contributed by atoms with E-state index < -0.39 is 0 Å². The average molecular weight is 356 g/mol. The molecule has 1 amide bonds. The molecule has 2 aromatic rings. The first-order chi connectivity index (χ1) is 12.6. The van der Waals surface area contributed by atoms with E-state index in [0.29, 0.717) is 24.3 Å². The molecule has 5 nitrogen and oxygen atoms in total. The Morgan fingerprint density at radius 3 is 2.62 bits per heavy atom. The number of amides is 1. The van der Waals surface area contributed by atoms with Crippen LogP contribution in [0.15, 0.2) is 42.5 Å². The van der Waals surface area contributed by atoms with Crippen LogP contribution >= 0.6 is 0 Å². The second-order valence-electron chi connectivity index (χ2n) is 7.06. The molecule has 26 heavy (non-hydrogen) atoms. The third-order valence-corrected chi connectivity index (χ3v) is 4.88. The minimum absolute atomic E-state index is 0.0340. The van der Waals surface area contributed by atoms with Crippen molar-refractivity contribution in [3.05, 3.63) is 42.5 Å². The van der Waals surface area contributed by atoms with Crippen molar-refractivity contribution in [3.63, 3.8) is 0 Å². The van der Waals surface area contributed by atoms with Crippen LogP contribution in [0.3, 0.4) is 0 Å². The molecular weight excluding hydrogens is 328 g/mol. The quantitative estimate of drug-likeness (QED) is 0.829. The van der Waals surface area contributed by atoms with Crippen LogP contribution in [0.1, 0.15) is 13.8 Å². The van der Waals surface area contributed by atoms with Crippen LogP contribution in [0, 0.1) is 5.92 Å². The molecule has 0 saturated carbocycles. The van der Waals surface area contributed by atoms with Crippen LogP contribution in [0.25, 0.3) is 10.8 Å². The van der Waals surface area contributed by atoms with Crippen LogP contribution in [0.4, 0.5) is 0 Å². The van der Waals surface area contributed by atoms with E-state index in [1.165, 1.54) is 0 Å². The molecule has 1 fully saturated rings. The zero-order valence-electron chi connectivity index (χ0n) is 15.6. The van der Waals surface area contributed by atoms with Crippen LogP contribution < -0.4 is 10.1 Å². The smallest absolute Gasteiger partial charge is 0.257 e. The van der Waals surface area contributed by atoms with Crippen molar-refractivity contribution in [1.29, 1.82) is 0 Å². The highest BCUT2D eigenvalue weighted by atomic mass is 16.5. The van der Waals surface area contributed by atoms with Gasteiger partial charge in [-0.1, -0.05) is 44.2 Å². The number of carbonyl (C=O) groups excluding carboxylic acids is 1. The first kappa shape index (κ1) is 18.7. The maximum absolute atomic E-state index is 12.2. The van der Waals surface area contributed by atoms with E-state index in [-0.39, 0.29) is 12.5 Å². The highest BCUT2D eigenvalue weighted by Crippen LogP contribution is 2.20. The summed E-state index contributed by atoms with van der Waals surface area (Å²) in [4.78, 5) is 14.6. The van der Waals surface area contributed by atoms with E-state index >= 15 is 0 Å². The van der Waals surface area contributed by atoms with Crippen LogP contribution in [-0.2, 0) is 9.53 Å². The first-order valence-electron chi connectivity index (χ1n) is 9.33. The van der Waals surface area contributed by atoms with Gasteiger partial charge in [0.05, 0.1) is 13.2 Å². The fourth-order valence-corrected chi connectivity index (χ4v) is 3.37. The summed E-state index contributed by atoms with van der Waals surface area (Å²) in [6.07, 6.45) is 0. The van der Waals surface area contributed by atoms with Gasteiger partial charge >= 0.3 is 0 Å². The molecule has 1 heterocycles. The number of fused-ring (bicyclic) bond motifs is 1. The SMILES string of the molecule is CC(C)[C@H](CNC(=O)COc1ccc2ccccc2c1)N1CCOCC1. The third kappa shape index (κ3) is 4.96. The van der Waals surface area contributed by atoms with Crippen molar-refractivity contribution in [2.24, 2.45) is 5.92 Å². The Bertz CT molecular complexity index is 726. The number of hydrogen-bond acceptors (Lipinski definition) is 4. The molecule has 1 atom stereocenters. The van der Waals surface area contributed by atoms with E-state index in [1.54, 1.807) is 0 Å². The largest absolute Gasteiger partial charge is 0.484 e. The second kappa shape index (κ2) is 9.01. The van der Waals surface area contributed by atoms with Gasteiger partial charge in [-0.05, 0) is 28.8 Å². The second-order valence-corrected chi connectivity index (χ2v) is 7.06. The van der Waals surface area contributed by atoms with Gasteiger partial charge in [-0.15, -0.1) is 0 Å². The summed E-state index contributed by atoms with van der Waals surface area (Å²) in [7, 11) is 0. The van der Waals surface area contributed by atoms with Crippen molar-refractivity contribution in [3.8, 4) is 5.75 Å². The molecule has 1 saturated heterocycles. The van der Waals surface area contributed by atoms with Crippen LogP contribution in [0.2, 0.25) is 0 Å². The summed E-state index contributed by atoms with van der Waals surface area (Å²) in [5.41, 5.74) is 0. The normalized spacial score (nSPS) is 16.6. The summed E-state index contributed by atoms with van der Waals surface area (Å²) in [6, 6.07) is 14.3. The zero-order chi connectivity index (χ0) is 18.4. The highest BCUT2D eigenvalue weighted by Gasteiger charge is 2.24. The fourth-order valence-electron chi connectivity index (χ4n) is 3.37. The molecule has 3 rings (SSSR count). The van der Waals surface area contributed by atoms with Gasteiger partial charge in [0.1, 0.15) is 5.75 Å². The lowest BCUT2D eigenvalue weighted by Gasteiger charge is -2.36. The monoisotopic (exact) mass is 356 g/mol.